The molecule has 0 aromatic heterocycles. The molecule has 0 unspecified atom stereocenters. The third-order valence-corrected chi connectivity index (χ3v) is 6.04. The van der Waals surface area contributed by atoms with Crippen molar-refractivity contribution in [3.8, 4) is 0 Å². The van der Waals surface area contributed by atoms with Crippen LogP contribution in [0.3, 0.4) is 0 Å². The molecular formula is C30H21NO5. The summed E-state index contributed by atoms with van der Waals surface area (Å²) in [6.07, 6.45) is 0.548. The molecule has 36 heavy (non-hydrogen) atoms. The van der Waals surface area contributed by atoms with Gasteiger partial charge in [-0.15, -0.1) is 0 Å². The zero-order valence-electron chi connectivity index (χ0n) is 19.2. The number of carbonyl (C=O) groups excluding carboxylic acids is 4. The van der Waals surface area contributed by atoms with Crippen LogP contribution in [0.2, 0.25) is 0 Å². The predicted molar refractivity (Wildman–Crippen MR) is 134 cm³/mol. The van der Waals surface area contributed by atoms with E-state index in [0.29, 0.717) is 17.5 Å². The van der Waals surface area contributed by atoms with Crippen molar-refractivity contribution in [1.82, 2.24) is 0 Å². The molecule has 6 heteroatoms. The average Bonchev–Trinajstić information content (AvgIpc) is 2.91. The van der Waals surface area contributed by atoms with Gasteiger partial charge in [0.1, 0.15) is 0 Å². The Bertz CT molecular complexity index is 1510. The van der Waals surface area contributed by atoms with Gasteiger partial charge in [0.25, 0.3) is 5.91 Å². The van der Waals surface area contributed by atoms with Crippen LogP contribution in [-0.2, 0) is 16.0 Å². The number of hydrogen-bond acceptors (Lipinski definition) is 5. The predicted octanol–water partition coefficient (Wildman–Crippen LogP) is 4.85. The maximum absolute atomic E-state index is 13.1. The Balaban J connectivity index is 1.30. The molecule has 1 aliphatic rings. The third-order valence-electron chi connectivity index (χ3n) is 6.04. The average molecular weight is 476 g/mol. The van der Waals surface area contributed by atoms with Crippen molar-refractivity contribution in [1.29, 1.82) is 0 Å². The van der Waals surface area contributed by atoms with E-state index in [0.717, 1.165) is 11.1 Å². The number of benzene rings is 4. The standard InChI is InChI=1S/C30H21NO5/c32-26(18-36-30(35)21-12-5-4-11-20(21)17-19-9-2-1-3-10-19)31-25-16-8-15-24-27(25)29(34)23-14-7-6-13-22(23)28(24)33/h1-16H,17-18H2,(H,31,32). The quantitative estimate of drug-likeness (QED) is 0.355. The fraction of sp³-hybridized carbons (Fsp3) is 0.0667. The summed E-state index contributed by atoms with van der Waals surface area (Å²) in [6.45, 7) is -0.541. The molecule has 0 saturated heterocycles. The molecule has 0 heterocycles. The van der Waals surface area contributed by atoms with Gasteiger partial charge in [0.05, 0.1) is 16.8 Å². The lowest BCUT2D eigenvalue weighted by Gasteiger charge is -2.20. The molecule has 4 aromatic rings. The molecule has 0 bridgehead atoms. The Morgan fingerprint density at radius 1 is 0.667 bits per heavy atom. The van der Waals surface area contributed by atoms with Gasteiger partial charge in [0.2, 0.25) is 0 Å². The van der Waals surface area contributed by atoms with Crippen LogP contribution in [0.15, 0.2) is 97.1 Å². The molecule has 0 aliphatic heterocycles. The Morgan fingerprint density at radius 2 is 1.31 bits per heavy atom. The monoisotopic (exact) mass is 475 g/mol. The van der Waals surface area contributed by atoms with Gasteiger partial charge in [0, 0.05) is 16.7 Å². The van der Waals surface area contributed by atoms with Crippen LogP contribution >= 0.6 is 0 Å². The molecule has 1 aliphatic carbocycles. The van der Waals surface area contributed by atoms with Crippen molar-refractivity contribution in [2.24, 2.45) is 0 Å². The minimum Gasteiger partial charge on any atom is -0.452 e. The second-order valence-electron chi connectivity index (χ2n) is 8.38. The van der Waals surface area contributed by atoms with E-state index in [1.807, 2.05) is 42.5 Å². The van der Waals surface area contributed by atoms with Crippen LogP contribution in [0.25, 0.3) is 0 Å². The van der Waals surface area contributed by atoms with E-state index >= 15 is 0 Å². The summed E-state index contributed by atoms with van der Waals surface area (Å²) in [4.78, 5) is 51.4. The van der Waals surface area contributed by atoms with Gasteiger partial charge in [-0.2, -0.15) is 0 Å². The summed E-state index contributed by atoms with van der Waals surface area (Å²) in [6, 6.07) is 28.1. The molecule has 6 nitrogen and oxygen atoms in total. The van der Waals surface area contributed by atoms with Gasteiger partial charge in [0.15, 0.2) is 18.2 Å². The summed E-state index contributed by atoms with van der Waals surface area (Å²) >= 11 is 0. The van der Waals surface area contributed by atoms with Crippen molar-refractivity contribution in [2.75, 3.05) is 11.9 Å². The van der Waals surface area contributed by atoms with Gasteiger partial charge in [-0.1, -0.05) is 84.9 Å². The van der Waals surface area contributed by atoms with Gasteiger partial charge in [-0.05, 0) is 29.7 Å². The maximum atomic E-state index is 13.1. The Hall–Kier alpha value is -4.84. The molecule has 0 fully saturated rings. The first-order valence-electron chi connectivity index (χ1n) is 11.4. The van der Waals surface area contributed by atoms with E-state index in [4.69, 9.17) is 4.74 Å². The third kappa shape index (κ3) is 4.44. The highest BCUT2D eigenvalue weighted by molar-refractivity contribution is 6.30. The lowest BCUT2D eigenvalue weighted by Crippen LogP contribution is -2.26. The zero-order chi connectivity index (χ0) is 25.1. The normalized spacial score (nSPS) is 11.9. The lowest BCUT2D eigenvalue weighted by molar-refractivity contribution is -0.119. The maximum Gasteiger partial charge on any atom is 0.338 e. The van der Waals surface area contributed by atoms with E-state index in [9.17, 15) is 19.2 Å². The smallest absolute Gasteiger partial charge is 0.338 e. The van der Waals surface area contributed by atoms with E-state index in [1.54, 1.807) is 54.6 Å². The number of ether oxygens (including phenoxy) is 1. The van der Waals surface area contributed by atoms with E-state index in [-0.39, 0.29) is 33.9 Å². The molecule has 176 valence electrons. The number of ketones is 2. The largest absolute Gasteiger partial charge is 0.452 e. The van der Waals surface area contributed by atoms with Crippen LogP contribution < -0.4 is 5.32 Å². The van der Waals surface area contributed by atoms with Crippen LogP contribution in [0, 0.1) is 0 Å². The number of hydrogen-bond donors (Lipinski definition) is 1. The summed E-state index contributed by atoms with van der Waals surface area (Å²) in [5.74, 6) is -1.86. The number of anilines is 1. The number of nitrogens with one attached hydrogen (secondary N) is 1. The number of carbonyl (C=O) groups is 4. The van der Waals surface area contributed by atoms with Crippen molar-refractivity contribution >= 4 is 29.1 Å². The van der Waals surface area contributed by atoms with Gasteiger partial charge >= 0.3 is 5.97 Å². The summed E-state index contributed by atoms with van der Waals surface area (Å²) in [5.41, 5.74) is 3.39. The summed E-state index contributed by atoms with van der Waals surface area (Å²) in [5, 5.41) is 2.62. The molecular weight excluding hydrogens is 454 g/mol. The number of rotatable bonds is 6. The van der Waals surface area contributed by atoms with Crippen LogP contribution in [-0.4, -0.2) is 30.0 Å². The van der Waals surface area contributed by atoms with Crippen molar-refractivity contribution < 1.29 is 23.9 Å². The molecule has 5 rings (SSSR count). The van der Waals surface area contributed by atoms with Crippen molar-refractivity contribution in [2.45, 2.75) is 6.42 Å². The number of esters is 1. The van der Waals surface area contributed by atoms with Crippen LogP contribution in [0.1, 0.15) is 53.3 Å². The number of amides is 1. The zero-order valence-corrected chi connectivity index (χ0v) is 19.2. The number of fused-ring (bicyclic) bond motifs is 2. The molecule has 4 aromatic carbocycles. The second kappa shape index (κ2) is 9.80. The second-order valence-corrected chi connectivity index (χ2v) is 8.38. The molecule has 0 saturated carbocycles. The van der Waals surface area contributed by atoms with Gasteiger partial charge < -0.3 is 10.1 Å². The fourth-order valence-electron chi connectivity index (χ4n) is 4.33. The van der Waals surface area contributed by atoms with Crippen molar-refractivity contribution in [3.05, 3.63) is 136 Å². The minimum atomic E-state index is -0.619. The highest BCUT2D eigenvalue weighted by Gasteiger charge is 2.31. The van der Waals surface area contributed by atoms with E-state index in [1.165, 1.54) is 0 Å². The topological polar surface area (TPSA) is 89.5 Å². The highest BCUT2D eigenvalue weighted by atomic mass is 16.5. The van der Waals surface area contributed by atoms with Crippen LogP contribution in [0.5, 0.6) is 0 Å². The first kappa shape index (κ1) is 22.9. The van der Waals surface area contributed by atoms with E-state index in [2.05, 4.69) is 5.32 Å². The molecule has 0 spiro atoms. The summed E-state index contributed by atoms with van der Waals surface area (Å²) < 4.78 is 5.29. The molecule has 0 atom stereocenters. The first-order valence-corrected chi connectivity index (χ1v) is 11.4. The Labute approximate surface area is 207 Å². The highest BCUT2D eigenvalue weighted by Crippen LogP contribution is 2.31. The van der Waals surface area contributed by atoms with Gasteiger partial charge in [-0.25, -0.2) is 4.79 Å². The fourth-order valence-corrected chi connectivity index (χ4v) is 4.33. The molecule has 1 amide bonds. The first-order chi connectivity index (χ1) is 17.5. The SMILES string of the molecule is O=C(COC(=O)c1ccccc1Cc1ccccc1)Nc1cccc2c1C(=O)c1ccccc1C2=O. The van der Waals surface area contributed by atoms with Gasteiger partial charge in [-0.3, -0.25) is 14.4 Å². The molecule has 0 radical (unpaired) electrons. The van der Waals surface area contributed by atoms with E-state index < -0.39 is 18.5 Å². The lowest BCUT2D eigenvalue weighted by atomic mass is 9.83. The Morgan fingerprint density at radius 3 is 2.08 bits per heavy atom. The van der Waals surface area contributed by atoms with Crippen molar-refractivity contribution in [3.63, 3.8) is 0 Å². The van der Waals surface area contributed by atoms with Crippen LogP contribution in [0.4, 0.5) is 5.69 Å². The summed E-state index contributed by atoms with van der Waals surface area (Å²) in [7, 11) is 0. The Kier molecular flexibility index (Phi) is 6.24. The minimum absolute atomic E-state index is 0.133. The molecule has 1 N–H and O–H groups in total.